The Morgan fingerprint density at radius 3 is 2.79 bits per heavy atom. The molecule has 6 heterocycles. The van der Waals surface area contributed by atoms with Crippen molar-refractivity contribution in [2.75, 3.05) is 37.7 Å². The van der Waals surface area contributed by atoms with E-state index in [1.54, 1.807) is 18.6 Å². The van der Waals surface area contributed by atoms with Crippen LogP contribution in [0.2, 0.25) is 0 Å². The first kappa shape index (κ1) is 30.9. The maximum atomic E-state index is 16.9. The number of anilines is 1. The predicted octanol–water partition coefficient (Wildman–Crippen LogP) is 6.15. The van der Waals surface area contributed by atoms with E-state index < -0.39 is 23.3 Å². The molecular formula is C36H38F3N7O2. The summed E-state index contributed by atoms with van der Waals surface area (Å²) in [4.78, 5) is 22.5. The predicted molar refractivity (Wildman–Crippen MR) is 177 cm³/mol. The minimum atomic E-state index is -0.913. The monoisotopic (exact) mass is 657 g/mol. The molecule has 9 nitrogen and oxygen atoms in total. The molecule has 12 heteroatoms. The first-order valence-electron chi connectivity index (χ1n) is 16.8. The van der Waals surface area contributed by atoms with Crippen LogP contribution in [0.15, 0.2) is 43.0 Å². The van der Waals surface area contributed by atoms with Crippen LogP contribution in [0.1, 0.15) is 43.9 Å². The van der Waals surface area contributed by atoms with Crippen molar-refractivity contribution in [2.45, 2.75) is 57.2 Å². The molecule has 0 radical (unpaired) electrons. The van der Waals surface area contributed by atoms with Gasteiger partial charge in [0.05, 0.1) is 17.3 Å². The lowest BCUT2D eigenvalue weighted by molar-refractivity contribution is 0.107. The highest BCUT2D eigenvalue weighted by Gasteiger charge is 2.49. The second kappa shape index (κ2) is 11.9. The zero-order valence-electron chi connectivity index (χ0n) is 27.1. The molecule has 1 N–H and O–H groups in total. The number of phenols is 1. The fraction of sp³-hybridized carbons (Fsp3) is 0.444. The normalized spacial score (nSPS) is 22.7. The Labute approximate surface area is 276 Å². The third-order valence-electron chi connectivity index (χ3n) is 10.6. The van der Waals surface area contributed by atoms with E-state index in [1.165, 1.54) is 18.2 Å². The lowest BCUT2D eigenvalue weighted by Crippen LogP contribution is -2.43. The molecule has 3 fully saturated rings. The molecule has 0 bridgehead atoms. The van der Waals surface area contributed by atoms with Gasteiger partial charge in [-0.25, -0.2) is 18.2 Å². The smallest absolute Gasteiger partial charge is 0.319 e. The number of hydrogen-bond acceptors (Lipinski definition) is 8. The Bertz CT molecular complexity index is 2040. The maximum absolute atomic E-state index is 16.9. The zero-order chi connectivity index (χ0) is 33.2. The molecule has 3 aliphatic rings. The summed E-state index contributed by atoms with van der Waals surface area (Å²) in [5.41, 5.74) is 1.38. The van der Waals surface area contributed by atoms with E-state index >= 15 is 4.39 Å². The van der Waals surface area contributed by atoms with Gasteiger partial charge in [-0.1, -0.05) is 13.0 Å². The lowest BCUT2D eigenvalue weighted by Gasteiger charge is -2.31. The quantitative estimate of drug-likeness (QED) is 0.213. The largest absolute Gasteiger partial charge is 0.508 e. The Morgan fingerprint density at radius 1 is 1.10 bits per heavy atom. The van der Waals surface area contributed by atoms with E-state index in [0.717, 1.165) is 37.9 Å². The number of aryl methyl sites for hydroxylation is 2. The zero-order valence-corrected chi connectivity index (χ0v) is 27.1. The second-order valence-electron chi connectivity index (χ2n) is 13.6. The van der Waals surface area contributed by atoms with Crippen LogP contribution in [-0.2, 0) is 19.9 Å². The standard InChI is InChI=1S/C36H38F3N7O2/c1-3-26-29(38)6-5-22-12-25(47)13-27(30(22)26)32-31(39)33-28(16-41-32)34(45-10-7-21(17-45)11-24-15-40-20-44(24)2)43-35(42-33)48-19-36-8-4-9-46(36)18-23(37)14-36/h5-6,12-13,15-16,20-21,23,47H,3-4,7-11,14,17-19H2,1-2H3/t21?,23-,36+/m1/s1. The molecule has 0 amide bonds. The highest BCUT2D eigenvalue weighted by atomic mass is 19.1. The molecule has 0 spiro atoms. The third-order valence-corrected chi connectivity index (χ3v) is 10.6. The van der Waals surface area contributed by atoms with Gasteiger partial charge < -0.3 is 19.3 Å². The first-order chi connectivity index (χ1) is 23.2. The van der Waals surface area contributed by atoms with E-state index in [-0.39, 0.29) is 35.1 Å². The number of aromatic hydroxyl groups is 1. The minimum absolute atomic E-state index is 0.0215. The van der Waals surface area contributed by atoms with Gasteiger partial charge in [-0.2, -0.15) is 9.97 Å². The topological polar surface area (TPSA) is 92.4 Å². The molecule has 1 unspecified atom stereocenters. The highest BCUT2D eigenvalue weighted by molar-refractivity contribution is 6.01. The maximum Gasteiger partial charge on any atom is 0.319 e. The molecule has 3 aromatic heterocycles. The fourth-order valence-electron chi connectivity index (χ4n) is 8.26. The first-order valence-corrected chi connectivity index (χ1v) is 16.8. The number of benzene rings is 2. The van der Waals surface area contributed by atoms with Gasteiger partial charge >= 0.3 is 6.01 Å². The minimum Gasteiger partial charge on any atom is -0.508 e. The number of aromatic nitrogens is 5. The third kappa shape index (κ3) is 5.21. The van der Waals surface area contributed by atoms with Crippen LogP contribution < -0.4 is 9.64 Å². The van der Waals surface area contributed by atoms with Crippen LogP contribution in [0.4, 0.5) is 19.0 Å². The second-order valence-corrected chi connectivity index (χ2v) is 13.6. The summed E-state index contributed by atoms with van der Waals surface area (Å²) in [7, 11) is 1.98. The van der Waals surface area contributed by atoms with Crippen molar-refractivity contribution in [1.82, 2.24) is 29.4 Å². The number of halogens is 3. The highest BCUT2D eigenvalue weighted by Crippen LogP contribution is 2.42. The van der Waals surface area contributed by atoms with E-state index in [9.17, 15) is 13.9 Å². The van der Waals surface area contributed by atoms with Crippen LogP contribution in [0, 0.1) is 17.6 Å². The molecule has 48 heavy (non-hydrogen) atoms. The number of fused-ring (bicyclic) bond motifs is 3. The Kier molecular flexibility index (Phi) is 7.65. The number of pyridine rings is 1. The van der Waals surface area contributed by atoms with Gasteiger partial charge in [0.25, 0.3) is 0 Å². The van der Waals surface area contributed by atoms with Crippen molar-refractivity contribution < 1.29 is 23.0 Å². The van der Waals surface area contributed by atoms with Crippen molar-refractivity contribution >= 4 is 27.5 Å². The Hall–Kier alpha value is -4.45. The van der Waals surface area contributed by atoms with Crippen molar-refractivity contribution in [1.29, 1.82) is 0 Å². The summed E-state index contributed by atoms with van der Waals surface area (Å²) in [6.07, 6.45) is 8.63. The Balaban J connectivity index is 1.23. The number of alkyl halides is 1. The molecule has 0 saturated carbocycles. The van der Waals surface area contributed by atoms with Crippen LogP contribution in [-0.4, -0.2) is 79.0 Å². The number of hydrogen-bond donors (Lipinski definition) is 1. The molecule has 3 aliphatic heterocycles. The van der Waals surface area contributed by atoms with Gasteiger partial charge in [0.1, 0.15) is 41.4 Å². The van der Waals surface area contributed by atoms with Crippen molar-refractivity contribution in [2.24, 2.45) is 13.0 Å². The number of ether oxygens (including phenoxy) is 1. The Morgan fingerprint density at radius 2 is 1.98 bits per heavy atom. The summed E-state index contributed by atoms with van der Waals surface area (Å²) in [6, 6.07) is 5.91. The van der Waals surface area contributed by atoms with E-state index in [2.05, 4.69) is 24.8 Å². The lowest BCUT2D eigenvalue weighted by atomic mass is 9.94. The summed E-state index contributed by atoms with van der Waals surface area (Å²) in [5.74, 6) is -0.346. The van der Waals surface area contributed by atoms with E-state index in [4.69, 9.17) is 9.72 Å². The summed E-state index contributed by atoms with van der Waals surface area (Å²) >= 11 is 0. The van der Waals surface area contributed by atoms with Crippen molar-refractivity contribution in [3.05, 3.63) is 65.9 Å². The van der Waals surface area contributed by atoms with Gasteiger partial charge in [0.2, 0.25) is 0 Å². The van der Waals surface area contributed by atoms with Gasteiger partial charge in [-0.15, -0.1) is 0 Å². The summed E-state index contributed by atoms with van der Waals surface area (Å²) < 4.78 is 54.7. The van der Waals surface area contributed by atoms with Crippen LogP contribution in [0.5, 0.6) is 11.8 Å². The molecule has 3 atom stereocenters. The number of nitrogens with zero attached hydrogens (tertiary/aromatic N) is 7. The average Bonchev–Trinajstić information content (AvgIpc) is 3.85. The van der Waals surface area contributed by atoms with E-state index in [1.807, 2.05) is 24.7 Å². The van der Waals surface area contributed by atoms with Crippen molar-refractivity contribution in [3.8, 4) is 23.0 Å². The van der Waals surface area contributed by atoms with Gasteiger partial charge in [-0.3, -0.25) is 9.88 Å². The van der Waals surface area contributed by atoms with Crippen LogP contribution >= 0.6 is 0 Å². The molecule has 0 aliphatic carbocycles. The number of imidazole rings is 1. The van der Waals surface area contributed by atoms with Gasteiger partial charge in [0, 0.05) is 56.8 Å². The molecular weight excluding hydrogens is 619 g/mol. The molecule has 5 aromatic rings. The average molecular weight is 658 g/mol. The van der Waals surface area contributed by atoms with E-state index in [0.29, 0.717) is 65.9 Å². The summed E-state index contributed by atoms with van der Waals surface area (Å²) in [5, 5.41) is 12.1. The summed E-state index contributed by atoms with van der Waals surface area (Å²) in [6.45, 7) is 4.64. The molecule has 250 valence electrons. The van der Waals surface area contributed by atoms with Gasteiger partial charge in [-0.05, 0) is 79.1 Å². The number of phenolic OH excluding ortho intramolecular Hbond substituents is 1. The SMILES string of the molecule is CCc1c(F)ccc2cc(O)cc(-c3ncc4c(N5CCC(Cc6cncn6C)C5)nc(OC[C@@]56CCCN5C[C@H](F)C6)nc4c3F)c12. The molecule has 3 saturated heterocycles. The van der Waals surface area contributed by atoms with Gasteiger partial charge in [0.15, 0.2) is 5.82 Å². The number of rotatable bonds is 8. The molecule has 2 aromatic carbocycles. The van der Waals surface area contributed by atoms with Crippen LogP contribution in [0.3, 0.4) is 0 Å². The van der Waals surface area contributed by atoms with Crippen molar-refractivity contribution in [3.63, 3.8) is 0 Å². The fourth-order valence-corrected chi connectivity index (χ4v) is 8.26. The van der Waals surface area contributed by atoms with Crippen LogP contribution in [0.25, 0.3) is 32.9 Å². The molecule has 8 rings (SSSR count).